The molecule has 0 saturated heterocycles. The van der Waals surface area contributed by atoms with Crippen LogP contribution in [-0.4, -0.2) is 23.3 Å². The largest absolute Gasteiger partial charge is 0.388 e. The standard InChI is InChI=1S/C10H15ClN2O2/c1-6(15-2)3-9(14)8-4-7(11)5-13-10(8)12/h4-6,9,14H,3H2,1-2H3,(H2,12,13). The molecule has 1 aromatic rings. The molecule has 0 aromatic carbocycles. The minimum absolute atomic E-state index is 0.0432. The Morgan fingerprint density at radius 1 is 1.67 bits per heavy atom. The van der Waals surface area contributed by atoms with Crippen molar-refractivity contribution in [2.75, 3.05) is 12.8 Å². The summed E-state index contributed by atoms with van der Waals surface area (Å²) in [7, 11) is 1.59. The van der Waals surface area contributed by atoms with Gasteiger partial charge in [-0.1, -0.05) is 11.6 Å². The fourth-order valence-corrected chi connectivity index (χ4v) is 1.44. The number of pyridine rings is 1. The average molecular weight is 231 g/mol. The van der Waals surface area contributed by atoms with Crippen LogP contribution in [-0.2, 0) is 4.74 Å². The Labute approximate surface area is 94.0 Å². The minimum atomic E-state index is -0.703. The van der Waals surface area contributed by atoms with E-state index in [0.717, 1.165) is 0 Å². The van der Waals surface area contributed by atoms with Crippen LogP contribution in [0.5, 0.6) is 0 Å². The second-order valence-corrected chi connectivity index (χ2v) is 3.86. The average Bonchev–Trinajstić information content (AvgIpc) is 2.21. The van der Waals surface area contributed by atoms with Gasteiger partial charge in [0.05, 0.1) is 17.2 Å². The van der Waals surface area contributed by atoms with E-state index in [1.54, 1.807) is 13.2 Å². The highest BCUT2D eigenvalue weighted by Gasteiger charge is 2.15. The molecule has 0 aliphatic heterocycles. The van der Waals surface area contributed by atoms with Crippen molar-refractivity contribution in [1.29, 1.82) is 0 Å². The zero-order chi connectivity index (χ0) is 11.4. The first kappa shape index (κ1) is 12.2. The lowest BCUT2D eigenvalue weighted by molar-refractivity contribution is 0.0561. The monoisotopic (exact) mass is 230 g/mol. The number of nitrogens with zero attached hydrogens (tertiary/aromatic N) is 1. The Balaban J connectivity index is 2.80. The number of aliphatic hydroxyl groups excluding tert-OH is 1. The number of ether oxygens (including phenoxy) is 1. The van der Waals surface area contributed by atoms with Crippen LogP contribution in [0.15, 0.2) is 12.3 Å². The molecule has 0 bridgehead atoms. The predicted molar refractivity (Wildman–Crippen MR) is 59.7 cm³/mol. The SMILES string of the molecule is COC(C)CC(O)c1cc(Cl)cnc1N. The van der Waals surface area contributed by atoms with Gasteiger partial charge in [-0.25, -0.2) is 4.98 Å². The lowest BCUT2D eigenvalue weighted by Gasteiger charge is -2.16. The summed E-state index contributed by atoms with van der Waals surface area (Å²) >= 11 is 5.77. The molecule has 0 radical (unpaired) electrons. The van der Waals surface area contributed by atoms with Gasteiger partial charge in [0.25, 0.3) is 0 Å². The highest BCUT2D eigenvalue weighted by molar-refractivity contribution is 6.30. The molecule has 1 heterocycles. The van der Waals surface area contributed by atoms with Crippen LogP contribution < -0.4 is 5.73 Å². The van der Waals surface area contributed by atoms with Gasteiger partial charge in [0.2, 0.25) is 0 Å². The van der Waals surface area contributed by atoms with E-state index in [4.69, 9.17) is 22.1 Å². The molecule has 3 N–H and O–H groups in total. The Kier molecular flexibility index (Phi) is 4.32. The molecule has 5 heteroatoms. The lowest BCUT2D eigenvalue weighted by Crippen LogP contribution is -2.12. The number of rotatable bonds is 4. The maximum absolute atomic E-state index is 9.87. The first-order valence-corrected chi connectivity index (χ1v) is 5.04. The van der Waals surface area contributed by atoms with Crippen LogP contribution in [0.4, 0.5) is 5.82 Å². The third-order valence-corrected chi connectivity index (χ3v) is 2.44. The Bertz CT molecular complexity index is 333. The number of nitrogen functional groups attached to an aromatic ring is 1. The van der Waals surface area contributed by atoms with Crippen LogP contribution in [0.25, 0.3) is 0 Å². The number of hydrogen-bond donors (Lipinski definition) is 2. The third-order valence-electron chi connectivity index (χ3n) is 2.23. The van der Waals surface area contributed by atoms with E-state index >= 15 is 0 Å². The maximum Gasteiger partial charge on any atom is 0.129 e. The summed E-state index contributed by atoms with van der Waals surface area (Å²) in [4.78, 5) is 3.88. The molecule has 1 rings (SSSR count). The van der Waals surface area contributed by atoms with Gasteiger partial charge >= 0.3 is 0 Å². The quantitative estimate of drug-likeness (QED) is 0.827. The second kappa shape index (κ2) is 5.30. The first-order valence-electron chi connectivity index (χ1n) is 4.66. The molecule has 1 aromatic heterocycles. The zero-order valence-corrected chi connectivity index (χ0v) is 9.53. The highest BCUT2D eigenvalue weighted by Crippen LogP contribution is 2.25. The van der Waals surface area contributed by atoms with Crippen LogP contribution in [0, 0.1) is 0 Å². The number of nitrogens with two attached hydrogens (primary N) is 1. The van der Waals surface area contributed by atoms with Gasteiger partial charge < -0.3 is 15.6 Å². The molecule has 0 amide bonds. The van der Waals surface area contributed by atoms with E-state index in [2.05, 4.69) is 4.98 Å². The van der Waals surface area contributed by atoms with Crippen LogP contribution in [0.1, 0.15) is 25.0 Å². The lowest BCUT2D eigenvalue weighted by atomic mass is 10.1. The van der Waals surface area contributed by atoms with Gasteiger partial charge in [0.1, 0.15) is 5.82 Å². The molecule has 0 saturated carbocycles. The molecule has 84 valence electrons. The van der Waals surface area contributed by atoms with Crippen molar-refractivity contribution < 1.29 is 9.84 Å². The van der Waals surface area contributed by atoms with Crippen molar-refractivity contribution >= 4 is 17.4 Å². The van der Waals surface area contributed by atoms with Crippen LogP contribution in [0.2, 0.25) is 5.02 Å². The van der Waals surface area contributed by atoms with Crippen LogP contribution in [0.3, 0.4) is 0 Å². The van der Waals surface area contributed by atoms with Crippen molar-refractivity contribution in [2.24, 2.45) is 0 Å². The number of halogens is 1. The van der Waals surface area contributed by atoms with Gasteiger partial charge in [-0.15, -0.1) is 0 Å². The van der Waals surface area contributed by atoms with Crippen LogP contribution >= 0.6 is 11.6 Å². The van der Waals surface area contributed by atoms with Crippen molar-refractivity contribution in [3.05, 3.63) is 22.8 Å². The summed E-state index contributed by atoms with van der Waals surface area (Å²) in [6.45, 7) is 1.87. The van der Waals surface area contributed by atoms with E-state index in [0.29, 0.717) is 22.8 Å². The zero-order valence-electron chi connectivity index (χ0n) is 8.77. The van der Waals surface area contributed by atoms with Crippen molar-refractivity contribution in [1.82, 2.24) is 4.98 Å². The summed E-state index contributed by atoms with van der Waals surface area (Å²) < 4.78 is 5.06. The Morgan fingerprint density at radius 3 is 2.93 bits per heavy atom. The molecule has 0 spiro atoms. The number of methoxy groups -OCH3 is 1. The summed E-state index contributed by atoms with van der Waals surface area (Å²) in [6, 6.07) is 1.62. The van der Waals surface area contributed by atoms with Gasteiger partial charge in [0, 0.05) is 25.3 Å². The molecule has 2 unspecified atom stereocenters. The van der Waals surface area contributed by atoms with E-state index < -0.39 is 6.10 Å². The summed E-state index contributed by atoms with van der Waals surface area (Å²) in [5, 5.41) is 10.3. The fraction of sp³-hybridized carbons (Fsp3) is 0.500. The number of aromatic nitrogens is 1. The molecule has 15 heavy (non-hydrogen) atoms. The second-order valence-electron chi connectivity index (χ2n) is 3.43. The molecular formula is C10H15ClN2O2. The first-order chi connectivity index (χ1) is 7.04. The normalized spacial score (nSPS) is 14.9. The van der Waals surface area contributed by atoms with E-state index in [1.807, 2.05) is 6.92 Å². The van der Waals surface area contributed by atoms with Crippen molar-refractivity contribution in [3.63, 3.8) is 0 Å². The summed E-state index contributed by atoms with van der Waals surface area (Å²) in [5.74, 6) is 0.301. The maximum atomic E-state index is 9.87. The molecule has 0 aliphatic rings. The van der Waals surface area contributed by atoms with Gasteiger partial charge in [-0.2, -0.15) is 0 Å². The third kappa shape index (κ3) is 3.34. The minimum Gasteiger partial charge on any atom is -0.388 e. The van der Waals surface area contributed by atoms with Crippen molar-refractivity contribution in [2.45, 2.75) is 25.6 Å². The van der Waals surface area contributed by atoms with Gasteiger partial charge in [-0.05, 0) is 13.0 Å². The molecule has 2 atom stereocenters. The fourth-order valence-electron chi connectivity index (χ4n) is 1.27. The molecule has 0 fully saturated rings. The van der Waals surface area contributed by atoms with Gasteiger partial charge in [-0.3, -0.25) is 0 Å². The topological polar surface area (TPSA) is 68.4 Å². The van der Waals surface area contributed by atoms with E-state index in [1.165, 1.54) is 6.20 Å². The predicted octanol–water partition coefficient (Wildman–Crippen LogP) is 1.78. The smallest absolute Gasteiger partial charge is 0.129 e. The highest BCUT2D eigenvalue weighted by atomic mass is 35.5. The summed E-state index contributed by atoms with van der Waals surface area (Å²) in [5.41, 5.74) is 6.18. The molecule has 4 nitrogen and oxygen atoms in total. The summed E-state index contributed by atoms with van der Waals surface area (Å²) in [6.07, 6.45) is 1.17. The number of anilines is 1. The molecule has 0 aliphatic carbocycles. The Hall–Kier alpha value is -0.840. The van der Waals surface area contributed by atoms with Crippen molar-refractivity contribution in [3.8, 4) is 0 Å². The number of hydrogen-bond acceptors (Lipinski definition) is 4. The Morgan fingerprint density at radius 2 is 2.33 bits per heavy atom. The van der Waals surface area contributed by atoms with Gasteiger partial charge in [0.15, 0.2) is 0 Å². The van der Waals surface area contributed by atoms with E-state index in [9.17, 15) is 5.11 Å². The van der Waals surface area contributed by atoms with E-state index in [-0.39, 0.29) is 6.10 Å². The molecular weight excluding hydrogens is 216 g/mol. The number of aliphatic hydroxyl groups is 1.